The Morgan fingerprint density at radius 2 is 0.604 bits per heavy atom. The maximum atomic E-state index is 2.42. The molecule has 0 aliphatic heterocycles. The lowest BCUT2D eigenvalue weighted by atomic mass is 10.00. The third-order valence-electron chi connectivity index (χ3n) is 10.6. The van der Waals surface area contributed by atoms with E-state index in [1.165, 1.54) is 70.9 Å². The van der Waals surface area contributed by atoms with Gasteiger partial charge in [0.15, 0.2) is 0 Å². The van der Waals surface area contributed by atoms with Crippen LogP contribution in [-0.4, -0.2) is 11.4 Å². The average Bonchev–Trinajstić information content (AvgIpc) is 3.16. The molecule has 0 heterocycles. The van der Waals surface area contributed by atoms with Crippen LogP contribution in [0.25, 0.3) is 43.1 Å². The Labute approximate surface area is 311 Å². The average molecular weight is 683 g/mol. The minimum Gasteiger partial charge on any atom is -0.154 e. The molecule has 0 N–H and O–H groups in total. The zero-order chi connectivity index (χ0) is 36.2. The normalized spacial score (nSPS) is 13.0. The minimum atomic E-state index is 1.12. The molecule has 8 aromatic carbocycles. The highest BCUT2D eigenvalue weighted by atomic mass is 15.0. The molecule has 8 aromatic rings. The van der Waals surface area contributed by atoms with Gasteiger partial charge < -0.3 is 0 Å². The van der Waals surface area contributed by atoms with Gasteiger partial charge in [-0.05, 0) is 102 Å². The van der Waals surface area contributed by atoms with Crippen LogP contribution in [0.4, 0.5) is 22.7 Å². The molecule has 2 heteroatoms. The van der Waals surface area contributed by atoms with E-state index in [4.69, 9.17) is 0 Å². The second kappa shape index (κ2) is 13.0. The standard InChI is InChI=1S/C51H42N2/c1-33-6-10-42-29-47(18-14-38(42)24-33)52(48-19-15-39-25-34(2)7-11-43(39)30-48)46-22-23-51(37(5)28-46)53(49-20-16-40-26-35(3)8-12-44(40)31-49)50-21-17-41-27-36(4)9-13-45(41)32-50/h6-32H,1-5H3/q+2. The summed E-state index contributed by atoms with van der Waals surface area (Å²) in [5.74, 6) is 0. The number of fused-ring (bicyclic) bond motifs is 4. The molecule has 0 amide bonds. The quantitative estimate of drug-likeness (QED) is 0.129. The van der Waals surface area contributed by atoms with Crippen molar-refractivity contribution in [1.29, 1.82) is 0 Å². The Balaban J connectivity index is 1.26. The van der Waals surface area contributed by atoms with Gasteiger partial charge in [-0.1, -0.05) is 95.1 Å². The molecule has 2 nitrogen and oxygen atoms in total. The van der Waals surface area contributed by atoms with E-state index in [1.807, 2.05) is 0 Å². The molecule has 0 bridgehead atoms. The van der Waals surface area contributed by atoms with Gasteiger partial charge in [-0.2, -0.15) is 9.15 Å². The fourth-order valence-electron chi connectivity index (χ4n) is 7.87. The summed E-state index contributed by atoms with van der Waals surface area (Å²) in [6.45, 7) is 10.9. The van der Waals surface area contributed by atoms with Crippen LogP contribution in [0, 0.1) is 27.7 Å². The zero-order valence-corrected chi connectivity index (χ0v) is 31.0. The summed E-state index contributed by atoms with van der Waals surface area (Å²) in [4.78, 5) is 0. The van der Waals surface area contributed by atoms with Gasteiger partial charge in [0, 0.05) is 72.3 Å². The number of nitrogens with zero attached hydrogens (tertiary/aromatic N) is 2. The van der Waals surface area contributed by atoms with Crippen LogP contribution >= 0.6 is 0 Å². The van der Waals surface area contributed by atoms with Gasteiger partial charge in [-0.25, -0.2) is 0 Å². The van der Waals surface area contributed by atoms with E-state index >= 15 is 0 Å². The lowest BCUT2D eigenvalue weighted by Crippen LogP contribution is -2.23. The van der Waals surface area contributed by atoms with Crippen LogP contribution < -0.4 is 9.15 Å². The second-order valence-electron chi connectivity index (χ2n) is 14.8. The summed E-state index contributed by atoms with van der Waals surface area (Å²) in [6, 6.07) is 54.1. The molecule has 1 aliphatic rings. The highest BCUT2D eigenvalue weighted by Gasteiger charge is 2.28. The predicted octanol–water partition coefficient (Wildman–Crippen LogP) is 13.3. The lowest BCUT2D eigenvalue weighted by molar-refractivity contribution is 1.08. The van der Waals surface area contributed by atoms with Crippen molar-refractivity contribution in [3.63, 3.8) is 0 Å². The highest BCUT2D eigenvalue weighted by molar-refractivity contribution is 6.23. The number of benzene rings is 8. The number of rotatable bonds is 4. The lowest BCUT2D eigenvalue weighted by Gasteiger charge is -2.13. The first kappa shape index (κ1) is 32.5. The van der Waals surface area contributed by atoms with Gasteiger partial charge in [0.2, 0.25) is 34.2 Å². The fourth-order valence-corrected chi connectivity index (χ4v) is 7.87. The van der Waals surface area contributed by atoms with Gasteiger partial charge in [0.1, 0.15) is 0 Å². The third kappa shape index (κ3) is 6.17. The molecule has 0 fully saturated rings. The summed E-state index contributed by atoms with van der Waals surface area (Å²) in [6.07, 6.45) is 6.92. The number of hydrogen-bond acceptors (Lipinski definition) is 0. The van der Waals surface area contributed by atoms with E-state index < -0.39 is 0 Å². The van der Waals surface area contributed by atoms with Crippen molar-refractivity contribution >= 4 is 77.3 Å². The molecule has 0 spiro atoms. The van der Waals surface area contributed by atoms with E-state index in [9.17, 15) is 0 Å². The van der Waals surface area contributed by atoms with Crippen molar-refractivity contribution in [2.24, 2.45) is 0 Å². The zero-order valence-electron chi connectivity index (χ0n) is 31.0. The monoisotopic (exact) mass is 682 g/mol. The Kier molecular flexibility index (Phi) is 7.97. The van der Waals surface area contributed by atoms with Gasteiger partial charge in [-0.3, -0.25) is 0 Å². The van der Waals surface area contributed by atoms with Crippen LogP contribution in [0.5, 0.6) is 0 Å². The topological polar surface area (TPSA) is 6.02 Å². The summed E-state index contributed by atoms with van der Waals surface area (Å²) < 4.78 is 4.81. The van der Waals surface area contributed by atoms with Crippen LogP contribution in [-0.2, 0) is 0 Å². The Bertz CT molecular complexity index is 2760. The molecule has 9 rings (SSSR count). The third-order valence-corrected chi connectivity index (χ3v) is 10.6. The first-order chi connectivity index (χ1) is 25.8. The second-order valence-corrected chi connectivity index (χ2v) is 14.8. The fraction of sp³-hybridized carbons (Fsp3) is 0.0980. The molecule has 0 saturated heterocycles. The minimum absolute atomic E-state index is 1.12. The smallest absolute Gasteiger partial charge is 0.154 e. The molecule has 0 aromatic heterocycles. The van der Waals surface area contributed by atoms with Crippen LogP contribution in [0.3, 0.4) is 0 Å². The Hall–Kier alpha value is -6.38. The van der Waals surface area contributed by atoms with E-state index in [1.54, 1.807) is 0 Å². The van der Waals surface area contributed by atoms with Crippen molar-refractivity contribution < 1.29 is 0 Å². The van der Waals surface area contributed by atoms with Crippen LogP contribution in [0.2, 0.25) is 0 Å². The van der Waals surface area contributed by atoms with Gasteiger partial charge >= 0.3 is 0 Å². The van der Waals surface area contributed by atoms with Gasteiger partial charge in [0.05, 0.1) is 0 Å². The van der Waals surface area contributed by atoms with Gasteiger partial charge in [0.25, 0.3) is 0 Å². The maximum absolute atomic E-state index is 2.42. The molecule has 0 atom stereocenters. The molecule has 1 aliphatic carbocycles. The van der Waals surface area contributed by atoms with E-state index in [0.29, 0.717) is 0 Å². The summed E-state index contributed by atoms with van der Waals surface area (Å²) >= 11 is 0. The first-order valence-electron chi connectivity index (χ1n) is 18.5. The van der Waals surface area contributed by atoms with Crippen molar-refractivity contribution in [2.75, 3.05) is 0 Å². The predicted molar refractivity (Wildman–Crippen MR) is 231 cm³/mol. The molecule has 0 saturated carbocycles. The van der Waals surface area contributed by atoms with Crippen molar-refractivity contribution in [3.05, 3.63) is 192 Å². The molecular weight excluding hydrogens is 641 g/mol. The SMILES string of the molecule is CC1=CC(=[N+](c2ccc3cc(C)ccc3c2)c2ccc3cc(C)ccc3c2)C=CC1=[N+](c1ccc2cc(C)ccc2c1)c1ccc2cc(C)ccc2c1. The molecule has 0 radical (unpaired) electrons. The van der Waals surface area contributed by atoms with E-state index in [2.05, 4.69) is 208 Å². The summed E-state index contributed by atoms with van der Waals surface area (Å²) in [5, 5.41) is 9.92. The van der Waals surface area contributed by atoms with E-state index in [-0.39, 0.29) is 0 Å². The van der Waals surface area contributed by atoms with Crippen molar-refractivity contribution in [1.82, 2.24) is 9.15 Å². The van der Waals surface area contributed by atoms with Gasteiger partial charge in [-0.15, -0.1) is 0 Å². The Morgan fingerprint density at radius 1 is 0.302 bits per heavy atom. The molecule has 0 unspecified atom stereocenters. The number of hydrogen-bond donors (Lipinski definition) is 0. The highest BCUT2D eigenvalue weighted by Crippen LogP contribution is 2.33. The number of allylic oxidation sites excluding steroid dienone is 4. The Morgan fingerprint density at radius 3 is 0.943 bits per heavy atom. The van der Waals surface area contributed by atoms with Crippen molar-refractivity contribution in [2.45, 2.75) is 34.6 Å². The number of aryl methyl sites for hydroxylation is 4. The van der Waals surface area contributed by atoms with E-state index in [0.717, 1.165) is 34.2 Å². The first-order valence-corrected chi connectivity index (χ1v) is 18.5. The largest absolute Gasteiger partial charge is 0.215 e. The maximum Gasteiger partial charge on any atom is 0.215 e. The van der Waals surface area contributed by atoms with Crippen LogP contribution in [0.15, 0.2) is 169 Å². The molecule has 254 valence electrons. The molecule has 53 heavy (non-hydrogen) atoms. The summed E-state index contributed by atoms with van der Waals surface area (Å²) in [5.41, 5.74) is 13.1. The summed E-state index contributed by atoms with van der Waals surface area (Å²) in [7, 11) is 0. The van der Waals surface area contributed by atoms with Crippen LogP contribution in [0.1, 0.15) is 29.2 Å². The molecular formula is C51H42N2+2. The van der Waals surface area contributed by atoms with Crippen molar-refractivity contribution in [3.8, 4) is 0 Å².